The standard InChI is InChI=1S/C18H22O4/c1-11(2)16(19)21-13-8-9-15(22-17(20)12(3)4)14(10-13)18(5,6)7/h8-10H,1,3H2,2,4-7H3. The van der Waals surface area contributed by atoms with Crippen LogP contribution in [0.25, 0.3) is 0 Å². The van der Waals surface area contributed by atoms with Crippen LogP contribution in [0, 0.1) is 0 Å². The molecule has 0 bridgehead atoms. The van der Waals surface area contributed by atoms with Gasteiger partial charge < -0.3 is 9.47 Å². The third kappa shape index (κ3) is 4.58. The van der Waals surface area contributed by atoms with Crippen molar-refractivity contribution < 1.29 is 19.1 Å². The Hall–Kier alpha value is -2.36. The van der Waals surface area contributed by atoms with Crippen molar-refractivity contribution >= 4 is 11.9 Å². The minimum Gasteiger partial charge on any atom is -0.423 e. The van der Waals surface area contributed by atoms with Crippen LogP contribution in [-0.2, 0) is 15.0 Å². The van der Waals surface area contributed by atoms with Gasteiger partial charge in [0.2, 0.25) is 0 Å². The number of carbonyl (C=O) groups excluding carboxylic acids is 2. The van der Waals surface area contributed by atoms with E-state index < -0.39 is 11.9 Å². The highest BCUT2D eigenvalue weighted by Crippen LogP contribution is 2.34. The van der Waals surface area contributed by atoms with Crippen molar-refractivity contribution in [1.82, 2.24) is 0 Å². The van der Waals surface area contributed by atoms with Gasteiger partial charge in [-0.2, -0.15) is 0 Å². The molecule has 0 fully saturated rings. The van der Waals surface area contributed by atoms with Crippen LogP contribution in [0.5, 0.6) is 11.5 Å². The average Bonchev–Trinajstić information content (AvgIpc) is 2.38. The molecule has 0 aliphatic heterocycles. The molecule has 0 saturated heterocycles. The van der Waals surface area contributed by atoms with Crippen LogP contribution in [-0.4, -0.2) is 11.9 Å². The molecule has 22 heavy (non-hydrogen) atoms. The van der Waals surface area contributed by atoms with Gasteiger partial charge in [-0.05, 0) is 37.5 Å². The Balaban J connectivity index is 3.20. The van der Waals surface area contributed by atoms with Crippen molar-refractivity contribution in [2.45, 2.75) is 40.0 Å². The van der Waals surface area contributed by atoms with Crippen molar-refractivity contribution in [3.05, 3.63) is 48.1 Å². The first-order valence-electron chi connectivity index (χ1n) is 6.92. The van der Waals surface area contributed by atoms with Gasteiger partial charge in [0, 0.05) is 16.7 Å². The lowest BCUT2D eigenvalue weighted by Crippen LogP contribution is -2.17. The number of hydrogen-bond donors (Lipinski definition) is 0. The molecular weight excluding hydrogens is 280 g/mol. The van der Waals surface area contributed by atoms with Gasteiger partial charge in [-0.15, -0.1) is 0 Å². The Morgan fingerprint density at radius 3 is 1.91 bits per heavy atom. The molecule has 0 aliphatic carbocycles. The minimum atomic E-state index is -0.494. The second kappa shape index (κ2) is 6.60. The zero-order chi connectivity index (χ0) is 17.1. The molecular formula is C18H22O4. The maximum atomic E-state index is 11.7. The molecule has 118 valence electrons. The molecule has 0 unspecified atom stereocenters. The van der Waals surface area contributed by atoms with Crippen LogP contribution in [0.4, 0.5) is 0 Å². The van der Waals surface area contributed by atoms with E-state index in [1.54, 1.807) is 32.0 Å². The van der Waals surface area contributed by atoms with E-state index in [2.05, 4.69) is 13.2 Å². The predicted molar refractivity (Wildman–Crippen MR) is 86.0 cm³/mol. The van der Waals surface area contributed by atoms with Crippen molar-refractivity contribution in [1.29, 1.82) is 0 Å². The van der Waals surface area contributed by atoms with Gasteiger partial charge in [0.1, 0.15) is 11.5 Å². The Morgan fingerprint density at radius 2 is 1.45 bits per heavy atom. The van der Waals surface area contributed by atoms with Gasteiger partial charge in [0.25, 0.3) is 0 Å². The summed E-state index contributed by atoms with van der Waals surface area (Å²) >= 11 is 0. The number of hydrogen-bond acceptors (Lipinski definition) is 4. The number of ether oxygens (including phenoxy) is 2. The maximum Gasteiger partial charge on any atom is 0.338 e. The first kappa shape index (κ1) is 17.7. The molecule has 4 heteroatoms. The van der Waals surface area contributed by atoms with E-state index in [1.807, 2.05) is 20.8 Å². The fourth-order valence-corrected chi connectivity index (χ4v) is 1.63. The molecule has 0 N–H and O–H groups in total. The summed E-state index contributed by atoms with van der Waals surface area (Å²) in [6.07, 6.45) is 0. The van der Waals surface area contributed by atoms with E-state index in [1.165, 1.54) is 0 Å². The summed E-state index contributed by atoms with van der Waals surface area (Å²) in [5.41, 5.74) is 1.10. The second-order valence-corrected chi connectivity index (χ2v) is 6.25. The molecule has 1 aromatic carbocycles. The molecule has 0 aromatic heterocycles. The zero-order valence-electron chi connectivity index (χ0n) is 13.8. The molecule has 0 amide bonds. The summed E-state index contributed by atoms with van der Waals surface area (Å²) in [4.78, 5) is 23.3. The number of esters is 2. The van der Waals surface area contributed by atoms with E-state index in [4.69, 9.17) is 9.47 Å². The highest BCUT2D eigenvalue weighted by atomic mass is 16.5. The van der Waals surface area contributed by atoms with Crippen LogP contribution in [0.1, 0.15) is 40.2 Å². The molecule has 0 saturated carbocycles. The maximum absolute atomic E-state index is 11.7. The lowest BCUT2D eigenvalue weighted by molar-refractivity contribution is -0.131. The van der Waals surface area contributed by atoms with Gasteiger partial charge in [0.05, 0.1) is 0 Å². The van der Waals surface area contributed by atoms with E-state index in [0.29, 0.717) is 22.6 Å². The quantitative estimate of drug-likeness (QED) is 0.480. The normalized spacial score (nSPS) is 10.8. The van der Waals surface area contributed by atoms with Gasteiger partial charge in [-0.1, -0.05) is 33.9 Å². The van der Waals surface area contributed by atoms with Crippen molar-refractivity contribution in [3.8, 4) is 11.5 Å². The fraction of sp³-hybridized carbons (Fsp3) is 0.333. The lowest BCUT2D eigenvalue weighted by atomic mass is 9.86. The van der Waals surface area contributed by atoms with Gasteiger partial charge in [-0.25, -0.2) is 9.59 Å². The summed E-state index contributed by atoms with van der Waals surface area (Å²) in [5, 5.41) is 0. The summed E-state index contributed by atoms with van der Waals surface area (Å²) in [6, 6.07) is 4.89. The Kier molecular flexibility index (Phi) is 5.31. The predicted octanol–water partition coefficient (Wildman–Crippen LogP) is 3.95. The zero-order valence-corrected chi connectivity index (χ0v) is 13.8. The van der Waals surface area contributed by atoms with Crippen molar-refractivity contribution in [2.75, 3.05) is 0 Å². The molecule has 0 heterocycles. The Labute approximate surface area is 131 Å². The Morgan fingerprint density at radius 1 is 0.955 bits per heavy atom. The van der Waals surface area contributed by atoms with E-state index in [9.17, 15) is 9.59 Å². The summed E-state index contributed by atoms with van der Waals surface area (Å²) in [6.45, 7) is 16.2. The average molecular weight is 302 g/mol. The second-order valence-electron chi connectivity index (χ2n) is 6.25. The minimum absolute atomic E-state index is 0.295. The Bertz CT molecular complexity index is 633. The molecule has 1 aromatic rings. The largest absolute Gasteiger partial charge is 0.423 e. The van der Waals surface area contributed by atoms with Gasteiger partial charge in [-0.3, -0.25) is 0 Å². The molecule has 0 radical (unpaired) electrons. The molecule has 0 atom stereocenters. The monoisotopic (exact) mass is 302 g/mol. The van der Waals surface area contributed by atoms with Crippen LogP contribution in [0.2, 0.25) is 0 Å². The third-order valence-electron chi connectivity index (χ3n) is 2.87. The SMILES string of the molecule is C=C(C)C(=O)Oc1ccc(OC(=O)C(=C)C)c(C(C)(C)C)c1. The summed E-state index contributed by atoms with van der Waals surface area (Å²) in [7, 11) is 0. The van der Waals surface area contributed by atoms with E-state index in [0.717, 1.165) is 5.56 Å². The van der Waals surface area contributed by atoms with Gasteiger partial charge >= 0.3 is 11.9 Å². The molecule has 0 aliphatic rings. The van der Waals surface area contributed by atoms with E-state index in [-0.39, 0.29) is 5.41 Å². The molecule has 0 spiro atoms. The van der Waals surface area contributed by atoms with Gasteiger partial charge in [0.15, 0.2) is 0 Å². The number of rotatable bonds is 4. The highest BCUT2D eigenvalue weighted by molar-refractivity contribution is 5.89. The highest BCUT2D eigenvalue weighted by Gasteiger charge is 2.22. The molecule has 4 nitrogen and oxygen atoms in total. The van der Waals surface area contributed by atoms with Crippen molar-refractivity contribution in [2.24, 2.45) is 0 Å². The lowest BCUT2D eigenvalue weighted by Gasteiger charge is -2.23. The van der Waals surface area contributed by atoms with Crippen LogP contribution >= 0.6 is 0 Å². The smallest absolute Gasteiger partial charge is 0.338 e. The number of benzene rings is 1. The summed E-state index contributed by atoms with van der Waals surface area (Å²) in [5.74, 6) is -0.174. The van der Waals surface area contributed by atoms with Crippen LogP contribution < -0.4 is 9.47 Å². The fourth-order valence-electron chi connectivity index (χ4n) is 1.63. The van der Waals surface area contributed by atoms with Crippen molar-refractivity contribution in [3.63, 3.8) is 0 Å². The van der Waals surface area contributed by atoms with Crippen LogP contribution in [0.3, 0.4) is 0 Å². The van der Waals surface area contributed by atoms with Crippen LogP contribution in [0.15, 0.2) is 42.5 Å². The molecule has 1 rings (SSSR count). The summed E-state index contributed by atoms with van der Waals surface area (Å²) < 4.78 is 10.6. The third-order valence-corrected chi connectivity index (χ3v) is 2.87. The first-order valence-corrected chi connectivity index (χ1v) is 6.92. The first-order chi connectivity index (χ1) is 10.0. The van der Waals surface area contributed by atoms with E-state index >= 15 is 0 Å². The number of carbonyl (C=O) groups is 2. The topological polar surface area (TPSA) is 52.6 Å².